The molecule has 2 N–H and O–H groups in total. The first-order chi connectivity index (χ1) is 13.0. The van der Waals surface area contributed by atoms with E-state index >= 15 is 0 Å². The third-order valence-corrected chi connectivity index (χ3v) is 5.36. The number of rotatable bonds is 5. The van der Waals surface area contributed by atoms with E-state index in [4.69, 9.17) is 0 Å². The maximum absolute atomic E-state index is 13.3. The third kappa shape index (κ3) is 4.24. The molecule has 2 amide bonds. The first-order valence-corrected chi connectivity index (χ1v) is 9.64. The van der Waals surface area contributed by atoms with Gasteiger partial charge < -0.3 is 15.5 Å². The molecule has 6 nitrogen and oxygen atoms in total. The molecule has 1 aliphatic carbocycles. The first kappa shape index (κ1) is 17.8. The number of likely N-dealkylation sites (tertiary alicyclic amines) is 1. The fourth-order valence-electron chi connectivity index (χ4n) is 3.07. The van der Waals surface area contributed by atoms with Gasteiger partial charge >= 0.3 is 0 Å². The van der Waals surface area contributed by atoms with Crippen LogP contribution >= 0.6 is 11.3 Å². The lowest BCUT2D eigenvalue weighted by Crippen LogP contribution is -2.39. The number of anilines is 2. The monoisotopic (exact) mass is 392 g/mol. The van der Waals surface area contributed by atoms with Gasteiger partial charge in [-0.15, -0.1) is 11.3 Å². The summed E-state index contributed by atoms with van der Waals surface area (Å²) in [5, 5.41) is 7.78. The van der Waals surface area contributed by atoms with Crippen molar-refractivity contribution in [3.8, 4) is 0 Å². The van der Waals surface area contributed by atoms with E-state index < -0.39 is 11.6 Å². The molecule has 9 heteroatoms. The Morgan fingerprint density at radius 2 is 1.89 bits per heavy atom. The molecule has 1 saturated carbocycles. The predicted molar refractivity (Wildman–Crippen MR) is 96.9 cm³/mol. The number of halogens is 2. The van der Waals surface area contributed by atoms with Gasteiger partial charge in [-0.05, 0) is 31.4 Å². The number of benzene rings is 1. The summed E-state index contributed by atoms with van der Waals surface area (Å²) in [6.07, 6.45) is 2.62. The lowest BCUT2D eigenvalue weighted by atomic mass is 10.2. The molecule has 1 saturated heterocycles. The van der Waals surface area contributed by atoms with E-state index in [2.05, 4.69) is 15.6 Å². The van der Waals surface area contributed by atoms with Crippen molar-refractivity contribution in [1.82, 2.24) is 15.2 Å². The van der Waals surface area contributed by atoms with Gasteiger partial charge in [-0.1, -0.05) is 0 Å². The number of hydrogen-bond donors (Lipinski definition) is 2. The summed E-state index contributed by atoms with van der Waals surface area (Å²) in [5.41, 5.74) is 0.499. The van der Waals surface area contributed by atoms with Gasteiger partial charge in [0, 0.05) is 42.2 Å². The normalized spacial score (nSPS) is 19.2. The summed E-state index contributed by atoms with van der Waals surface area (Å²) < 4.78 is 26.5. The summed E-state index contributed by atoms with van der Waals surface area (Å²) in [5.74, 6) is -1.37. The molecule has 0 unspecified atom stereocenters. The largest absolute Gasteiger partial charge is 0.351 e. The van der Waals surface area contributed by atoms with E-state index in [0.29, 0.717) is 18.2 Å². The van der Waals surface area contributed by atoms with Crippen molar-refractivity contribution in [2.45, 2.75) is 25.3 Å². The Labute approximate surface area is 158 Å². The van der Waals surface area contributed by atoms with Crippen molar-refractivity contribution in [2.24, 2.45) is 5.92 Å². The molecule has 1 aromatic carbocycles. The zero-order valence-corrected chi connectivity index (χ0v) is 15.2. The van der Waals surface area contributed by atoms with Crippen molar-refractivity contribution in [3.05, 3.63) is 40.9 Å². The Hall–Kier alpha value is -2.55. The topological polar surface area (TPSA) is 74.3 Å². The van der Waals surface area contributed by atoms with Gasteiger partial charge in [-0.25, -0.2) is 13.8 Å². The highest BCUT2D eigenvalue weighted by Crippen LogP contribution is 2.29. The summed E-state index contributed by atoms with van der Waals surface area (Å²) >= 11 is 1.18. The quantitative estimate of drug-likeness (QED) is 0.821. The van der Waals surface area contributed by atoms with E-state index in [1.54, 1.807) is 10.3 Å². The minimum Gasteiger partial charge on any atom is -0.351 e. The maximum Gasteiger partial charge on any atom is 0.273 e. The van der Waals surface area contributed by atoms with Crippen LogP contribution in [0.15, 0.2) is 23.6 Å². The van der Waals surface area contributed by atoms with E-state index in [-0.39, 0.29) is 35.2 Å². The highest BCUT2D eigenvalue weighted by Gasteiger charge is 2.34. The Balaban J connectivity index is 1.36. The molecule has 2 aromatic rings. The fourth-order valence-corrected chi connectivity index (χ4v) is 3.77. The standard InChI is InChI=1S/C18H18F2N4O2S/c19-11-5-12(20)7-14(6-11)22-18-23-15(9-27-18)17(26)24-4-3-13(8-24)21-16(25)10-1-2-10/h5-7,9-10,13H,1-4,8H2,(H,21,25)(H,22,23)/t13-/m0/s1. The zero-order valence-electron chi connectivity index (χ0n) is 14.4. The lowest BCUT2D eigenvalue weighted by molar-refractivity contribution is -0.122. The van der Waals surface area contributed by atoms with E-state index in [0.717, 1.165) is 37.5 Å². The Morgan fingerprint density at radius 3 is 2.59 bits per heavy atom. The summed E-state index contributed by atoms with van der Waals surface area (Å²) in [6, 6.07) is 3.07. The Bertz CT molecular complexity index is 864. The summed E-state index contributed by atoms with van der Waals surface area (Å²) in [4.78, 5) is 30.3. The van der Waals surface area contributed by atoms with E-state index in [1.807, 2.05) is 0 Å². The number of hydrogen-bond acceptors (Lipinski definition) is 5. The van der Waals surface area contributed by atoms with Gasteiger partial charge in [-0.3, -0.25) is 9.59 Å². The lowest BCUT2D eigenvalue weighted by Gasteiger charge is -2.16. The van der Waals surface area contributed by atoms with Crippen LogP contribution < -0.4 is 10.6 Å². The molecular formula is C18H18F2N4O2S. The van der Waals surface area contributed by atoms with Crippen LogP contribution in [0.3, 0.4) is 0 Å². The molecule has 1 aliphatic heterocycles. The molecule has 4 rings (SSSR count). The number of carbonyl (C=O) groups excluding carboxylic acids is 2. The number of thiazole rings is 1. The van der Waals surface area contributed by atoms with Crippen molar-refractivity contribution in [2.75, 3.05) is 18.4 Å². The van der Waals surface area contributed by atoms with Crippen molar-refractivity contribution in [1.29, 1.82) is 0 Å². The second-order valence-electron chi connectivity index (χ2n) is 6.84. The average Bonchev–Trinajstić information content (AvgIpc) is 3.20. The number of aromatic nitrogens is 1. The number of carbonyl (C=O) groups is 2. The second kappa shape index (κ2) is 7.22. The van der Waals surface area contributed by atoms with Gasteiger partial charge in [0.2, 0.25) is 5.91 Å². The minimum absolute atomic E-state index is 0.0199. The van der Waals surface area contributed by atoms with Crippen molar-refractivity contribution < 1.29 is 18.4 Å². The van der Waals surface area contributed by atoms with Gasteiger partial charge in [-0.2, -0.15) is 0 Å². The molecular weight excluding hydrogens is 374 g/mol. The SMILES string of the molecule is O=C(N[C@H]1CCN(C(=O)c2csc(Nc3cc(F)cc(F)c3)n2)C1)C1CC1. The van der Waals surface area contributed by atoms with Crippen LogP contribution in [0.4, 0.5) is 19.6 Å². The molecule has 0 radical (unpaired) electrons. The third-order valence-electron chi connectivity index (χ3n) is 4.61. The van der Waals surface area contributed by atoms with Crippen LogP contribution in [0.25, 0.3) is 0 Å². The fraction of sp³-hybridized carbons (Fsp3) is 0.389. The van der Waals surface area contributed by atoms with Crippen molar-refractivity contribution in [3.63, 3.8) is 0 Å². The Kier molecular flexibility index (Phi) is 4.77. The van der Waals surface area contributed by atoms with Crippen LogP contribution in [0, 0.1) is 17.6 Å². The molecule has 0 spiro atoms. The molecule has 2 heterocycles. The molecule has 142 valence electrons. The second-order valence-corrected chi connectivity index (χ2v) is 7.70. The van der Waals surface area contributed by atoms with Crippen LogP contribution in [0.5, 0.6) is 0 Å². The smallest absolute Gasteiger partial charge is 0.273 e. The molecule has 1 aromatic heterocycles. The van der Waals surface area contributed by atoms with E-state index in [9.17, 15) is 18.4 Å². The molecule has 0 bridgehead atoms. The molecule has 27 heavy (non-hydrogen) atoms. The molecule has 2 fully saturated rings. The van der Waals surface area contributed by atoms with Crippen LogP contribution in [-0.2, 0) is 4.79 Å². The van der Waals surface area contributed by atoms with Crippen LogP contribution in [0.2, 0.25) is 0 Å². The zero-order chi connectivity index (χ0) is 19.0. The van der Waals surface area contributed by atoms with Gasteiger partial charge in [0.25, 0.3) is 5.91 Å². The number of nitrogens with one attached hydrogen (secondary N) is 2. The molecule has 1 atom stereocenters. The van der Waals surface area contributed by atoms with Crippen LogP contribution in [0.1, 0.15) is 29.8 Å². The van der Waals surface area contributed by atoms with Gasteiger partial charge in [0.15, 0.2) is 5.13 Å². The number of nitrogens with zero attached hydrogens (tertiary/aromatic N) is 2. The van der Waals surface area contributed by atoms with Gasteiger partial charge in [0.1, 0.15) is 17.3 Å². The maximum atomic E-state index is 13.3. The highest BCUT2D eigenvalue weighted by molar-refractivity contribution is 7.14. The Morgan fingerprint density at radius 1 is 1.15 bits per heavy atom. The first-order valence-electron chi connectivity index (χ1n) is 8.76. The van der Waals surface area contributed by atoms with E-state index in [1.165, 1.54) is 11.3 Å². The predicted octanol–water partition coefficient (Wildman–Crippen LogP) is 2.91. The van der Waals surface area contributed by atoms with Crippen molar-refractivity contribution >= 4 is 34.0 Å². The highest BCUT2D eigenvalue weighted by atomic mass is 32.1. The number of amides is 2. The summed E-state index contributed by atoms with van der Waals surface area (Å²) in [6.45, 7) is 1.02. The van der Waals surface area contributed by atoms with Gasteiger partial charge in [0.05, 0.1) is 0 Å². The minimum atomic E-state index is -0.693. The average molecular weight is 392 g/mol. The molecule has 2 aliphatic rings. The van der Waals surface area contributed by atoms with Crippen LogP contribution in [-0.4, -0.2) is 40.8 Å². The summed E-state index contributed by atoms with van der Waals surface area (Å²) in [7, 11) is 0.